The molecule has 1 aromatic carbocycles. The number of nitrogens with zero attached hydrogens (tertiary/aromatic N) is 1. The first-order valence-electron chi connectivity index (χ1n) is 5.38. The van der Waals surface area contributed by atoms with Crippen LogP contribution < -0.4 is 5.73 Å². The molecule has 0 unspecified atom stereocenters. The molecule has 2 nitrogen and oxygen atoms in total. The predicted octanol–water partition coefficient (Wildman–Crippen LogP) is 3.21. The van der Waals surface area contributed by atoms with Crippen LogP contribution in [0.25, 0.3) is 0 Å². The van der Waals surface area contributed by atoms with Gasteiger partial charge in [0.05, 0.1) is 5.69 Å². The molecule has 2 N–H and O–H groups in total. The number of halogens is 3. The van der Waals surface area contributed by atoms with E-state index in [1.807, 2.05) is 6.07 Å². The molecular formula is C13H11BrF2N2. The summed E-state index contributed by atoms with van der Waals surface area (Å²) in [6.45, 7) is 0.221. The summed E-state index contributed by atoms with van der Waals surface area (Å²) in [5.41, 5.74) is 6.85. The molecule has 0 saturated heterocycles. The fourth-order valence-corrected chi connectivity index (χ4v) is 2.37. The summed E-state index contributed by atoms with van der Waals surface area (Å²) in [7, 11) is 0. The van der Waals surface area contributed by atoms with Crippen LogP contribution in [-0.2, 0) is 0 Å². The van der Waals surface area contributed by atoms with Crippen molar-refractivity contribution in [2.75, 3.05) is 6.54 Å². The topological polar surface area (TPSA) is 38.9 Å². The van der Waals surface area contributed by atoms with Gasteiger partial charge in [-0.1, -0.05) is 0 Å². The van der Waals surface area contributed by atoms with Crippen molar-refractivity contribution in [3.63, 3.8) is 0 Å². The zero-order valence-electron chi connectivity index (χ0n) is 9.41. The molecule has 0 radical (unpaired) electrons. The molecular weight excluding hydrogens is 302 g/mol. The molecule has 2 rings (SSSR count). The Kier molecular flexibility index (Phi) is 4.04. The van der Waals surface area contributed by atoms with Gasteiger partial charge in [0.25, 0.3) is 0 Å². The lowest BCUT2D eigenvalue weighted by atomic mass is 9.95. The van der Waals surface area contributed by atoms with E-state index >= 15 is 0 Å². The quantitative estimate of drug-likeness (QED) is 0.945. The highest BCUT2D eigenvalue weighted by Crippen LogP contribution is 2.28. The van der Waals surface area contributed by atoms with Gasteiger partial charge in [-0.3, -0.25) is 4.98 Å². The standard InChI is InChI=1S/C13H11BrF2N2/c14-12-2-1-3-18-13(12)11(7-17)8-4-9(15)6-10(16)5-8/h1-6,11H,7,17H2/t11-/m1/s1. The van der Waals surface area contributed by atoms with Gasteiger partial charge in [0, 0.05) is 29.2 Å². The fraction of sp³-hybridized carbons (Fsp3) is 0.154. The number of nitrogens with two attached hydrogens (primary N) is 1. The maximum absolute atomic E-state index is 13.2. The van der Waals surface area contributed by atoms with Crippen LogP contribution in [0.4, 0.5) is 8.78 Å². The number of hydrogen-bond donors (Lipinski definition) is 1. The van der Waals surface area contributed by atoms with Crippen LogP contribution in [-0.4, -0.2) is 11.5 Å². The highest BCUT2D eigenvalue weighted by atomic mass is 79.9. The van der Waals surface area contributed by atoms with E-state index in [4.69, 9.17) is 5.73 Å². The highest BCUT2D eigenvalue weighted by Gasteiger charge is 2.18. The summed E-state index contributed by atoms with van der Waals surface area (Å²) in [4.78, 5) is 4.21. The molecule has 18 heavy (non-hydrogen) atoms. The Morgan fingerprint density at radius 3 is 2.44 bits per heavy atom. The number of benzene rings is 1. The van der Waals surface area contributed by atoms with Crippen molar-refractivity contribution in [2.24, 2.45) is 5.73 Å². The van der Waals surface area contributed by atoms with Gasteiger partial charge in [0.1, 0.15) is 11.6 Å². The Labute approximate surface area is 112 Å². The van der Waals surface area contributed by atoms with E-state index in [2.05, 4.69) is 20.9 Å². The Morgan fingerprint density at radius 1 is 1.22 bits per heavy atom. The van der Waals surface area contributed by atoms with Gasteiger partial charge in [-0.2, -0.15) is 0 Å². The Balaban J connectivity index is 2.48. The Morgan fingerprint density at radius 2 is 1.89 bits per heavy atom. The number of rotatable bonds is 3. The van der Waals surface area contributed by atoms with E-state index in [9.17, 15) is 8.78 Å². The lowest BCUT2D eigenvalue weighted by molar-refractivity contribution is 0.576. The van der Waals surface area contributed by atoms with E-state index in [0.29, 0.717) is 11.3 Å². The summed E-state index contributed by atoms with van der Waals surface area (Å²) < 4.78 is 27.2. The maximum Gasteiger partial charge on any atom is 0.126 e. The minimum Gasteiger partial charge on any atom is -0.329 e. The first-order valence-corrected chi connectivity index (χ1v) is 6.17. The maximum atomic E-state index is 13.2. The van der Waals surface area contributed by atoms with Crippen LogP contribution in [0, 0.1) is 11.6 Å². The number of hydrogen-bond acceptors (Lipinski definition) is 2. The van der Waals surface area contributed by atoms with Crippen LogP contribution >= 0.6 is 15.9 Å². The highest BCUT2D eigenvalue weighted by molar-refractivity contribution is 9.10. The molecule has 1 aromatic heterocycles. The van der Waals surface area contributed by atoms with Gasteiger partial charge in [-0.25, -0.2) is 8.78 Å². The minimum atomic E-state index is -0.615. The summed E-state index contributed by atoms with van der Waals surface area (Å²) >= 11 is 3.37. The van der Waals surface area contributed by atoms with Gasteiger partial charge in [0.2, 0.25) is 0 Å². The summed E-state index contributed by atoms with van der Waals surface area (Å²) in [6, 6.07) is 6.99. The molecule has 0 bridgehead atoms. The SMILES string of the molecule is NC[C@H](c1cc(F)cc(F)c1)c1ncccc1Br. The molecule has 1 heterocycles. The third-order valence-corrected chi connectivity index (χ3v) is 3.31. The largest absolute Gasteiger partial charge is 0.329 e. The van der Waals surface area contributed by atoms with Crippen LogP contribution in [0.15, 0.2) is 41.0 Å². The van der Waals surface area contributed by atoms with Crippen molar-refractivity contribution in [1.82, 2.24) is 4.98 Å². The van der Waals surface area contributed by atoms with E-state index in [0.717, 1.165) is 10.5 Å². The zero-order chi connectivity index (χ0) is 13.1. The zero-order valence-corrected chi connectivity index (χ0v) is 11.0. The Bertz CT molecular complexity index is 540. The molecule has 0 aliphatic carbocycles. The lowest BCUT2D eigenvalue weighted by Gasteiger charge is -2.16. The molecule has 0 aliphatic rings. The second-order valence-electron chi connectivity index (χ2n) is 3.86. The van der Waals surface area contributed by atoms with E-state index < -0.39 is 11.6 Å². The van der Waals surface area contributed by atoms with Crippen molar-refractivity contribution < 1.29 is 8.78 Å². The van der Waals surface area contributed by atoms with Gasteiger partial charge in [-0.05, 0) is 45.8 Å². The second kappa shape index (κ2) is 5.54. The van der Waals surface area contributed by atoms with Crippen LogP contribution in [0.5, 0.6) is 0 Å². The summed E-state index contributed by atoms with van der Waals surface area (Å²) in [5, 5.41) is 0. The molecule has 0 aliphatic heterocycles. The summed E-state index contributed by atoms with van der Waals surface area (Å²) in [6.07, 6.45) is 1.62. The van der Waals surface area contributed by atoms with Crippen LogP contribution in [0.1, 0.15) is 17.2 Å². The first-order chi connectivity index (χ1) is 8.61. The third kappa shape index (κ3) is 2.73. The number of pyridine rings is 1. The molecule has 0 saturated carbocycles. The van der Waals surface area contributed by atoms with E-state index in [1.165, 1.54) is 12.1 Å². The van der Waals surface area contributed by atoms with Crippen LogP contribution in [0.3, 0.4) is 0 Å². The average molecular weight is 313 g/mol. The molecule has 94 valence electrons. The molecule has 0 spiro atoms. The van der Waals surface area contributed by atoms with Gasteiger partial charge >= 0.3 is 0 Å². The molecule has 2 aromatic rings. The molecule has 0 fully saturated rings. The van der Waals surface area contributed by atoms with Crippen molar-refractivity contribution >= 4 is 15.9 Å². The fourth-order valence-electron chi connectivity index (χ4n) is 1.84. The Hall–Kier alpha value is -1.33. The van der Waals surface area contributed by atoms with E-state index in [-0.39, 0.29) is 12.5 Å². The van der Waals surface area contributed by atoms with Crippen LogP contribution in [0.2, 0.25) is 0 Å². The molecule has 0 amide bonds. The smallest absolute Gasteiger partial charge is 0.126 e. The first kappa shape index (κ1) is 13.1. The summed E-state index contributed by atoms with van der Waals surface area (Å²) in [5.74, 6) is -1.57. The lowest BCUT2D eigenvalue weighted by Crippen LogP contribution is -2.16. The molecule has 1 atom stereocenters. The van der Waals surface area contributed by atoms with Crippen molar-refractivity contribution in [3.8, 4) is 0 Å². The van der Waals surface area contributed by atoms with Crippen molar-refractivity contribution in [1.29, 1.82) is 0 Å². The minimum absolute atomic E-state index is 0.221. The average Bonchev–Trinajstić information content (AvgIpc) is 2.31. The van der Waals surface area contributed by atoms with Gasteiger partial charge in [0.15, 0.2) is 0 Å². The van der Waals surface area contributed by atoms with E-state index in [1.54, 1.807) is 12.3 Å². The second-order valence-corrected chi connectivity index (χ2v) is 4.72. The normalized spacial score (nSPS) is 12.4. The van der Waals surface area contributed by atoms with Crippen molar-refractivity contribution in [3.05, 3.63) is 63.9 Å². The van der Waals surface area contributed by atoms with Gasteiger partial charge in [-0.15, -0.1) is 0 Å². The molecule has 5 heteroatoms. The monoisotopic (exact) mass is 312 g/mol. The van der Waals surface area contributed by atoms with Crippen molar-refractivity contribution in [2.45, 2.75) is 5.92 Å². The predicted molar refractivity (Wildman–Crippen MR) is 69.2 cm³/mol. The third-order valence-electron chi connectivity index (χ3n) is 2.64. The number of aromatic nitrogens is 1. The van der Waals surface area contributed by atoms with Gasteiger partial charge < -0.3 is 5.73 Å².